The smallest absolute Gasteiger partial charge is 0.255 e. The molecule has 1 fully saturated rings. The summed E-state index contributed by atoms with van der Waals surface area (Å²) in [4.78, 5) is 15.1. The van der Waals surface area contributed by atoms with E-state index in [2.05, 4.69) is 16.3 Å². The SMILES string of the molecule is CN(C)S(=O)(=O)c1cccc(C(=O)Nc2cccc(CN3CCCC3)c2)c1. The van der Waals surface area contributed by atoms with Gasteiger partial charge in [0.15, 0.2) is 0 Å². The van der Waals surface area contributed by atoms with Gasteiger partial charge in [-0.15, -0.1) is 0 Å². The highest BCUT2D eigenvalue weighted by Crippen LogP contribution is 2.19. The van der Waals surface area contributed by atoms with Gasteiger partial charge in [0.05, 0.1) is 4.90 Å². The molecule has 0 radical (unpaired) electrons. The van der Waals surface area contributed by atoms with Gasteiger partial charge in [-0.2, -0.15) is 0 Å². The van der Waals surface area contributed by atoms with Crippen molar-refractivity contribution in [2.45, 2.75) is 24.3 Å². The van der Waals surface area contributed by atoms with Crippen LogP contribution in [0.5, 0.6) is 0 Å². The number of sulfonamides is 1. The molecule has 2 aromatic rings. The second-order valence-corrected chi connectivity index (χ2v) is 9.10. The van der Waals surface area contributed by atoms with Crippen LogP contribution in [0.25, 0.3) is 0 Å². The zero-order valence-electron chi connectivity index (χ0n) is 15.7. The molecule has 2 aromatic carbocycles. The van der Waals surface area contributed by atoms with Gasteiger partial charge in [0, 0.05) is 31.9 Å². The molecule has 1 aliphatic heterocycles. The fourth-order valence-corrected chi connectivity index (χ4v) is 4.11. The highest BCUT2D eigenvalue weighted by Gasteiger charge is 2.19. The number of hydrogen-bond acceptors (Lipinski definition) is 4. The Labute approximate surface area is 160 Å². The zero-order chi connectivity index (χ0) is 19.4. The van der Waals surface area contributed by atoms with Crippen LogP contribution in [0.3, 0.4) is 0 Å². The first-order chi connectivity index (χ1) is 12.9. The van der Waals surface area contributed by atoms with E-state index in [4.69, 9.17) is 0 Å². The molecule has 0 atom stereocenters. The summed E-state index contributed by atoms with van der Waals surface area (Å²) in [5.41, 5.74) is 2.17. The minimum atomic E-state index is -3.58. The maximum Gasteiger partial charge on any atom is 0.255 e. The Hall–Kier alpha value is -2.22. The number of nitrogens with one attached hydrogen (secondary N) is 1. The molecule has 3 rings (SSSR count). The van der Waals surface area contributed by atoms with Gasteiger partial charge in [0.1, 0.15) is 0 Å². The summed E-state index contributed by atoms with van der Waals surface area (Å²) in [6.45, 7) is 3.10. The second kappa shape index (κ2) is 8.21. The third kappa shape index (κ3) is 4.74. The van der Waals surface area contributed by atoms with Crippen molar-refractivity contribution in [3.05, 3.63) is 59.7 Å². The molecule has 6 nitrogen and oxygen atoms in total. The average molecular weight is 388 g/mol. The van der Waals surface area contributed by atoms with Crippen LogP contribution >= 0.6 is 0 Å². The van der Waals surface area contributed by atoms with Gasteiger partial charge in [-0.25, -0.2) is 12.7 Å². The molecule has 0 saturated carbocycles. The Morgan fingerprint density at radius 3 is 2.48 bits per heavy atom. The number of hydrogen-bond donors (Lipinski definition) is 1. The van der Waals surface area contributed by atoms with Gasteiger partial charge < -0.3 is 5.32 Å². The molecule has 27 heavy (non-hydrogen) atoms. The van der Waals surface area contributed by atoms with Gasteiger partial charge in [0.25, 0.3) is 5.91 Å². The van der Waals surface area contributed by atoms with Crippen molar-refractivity contribution in [3.8, 4) is 0 Å². The molecule has 0 unspecified atom stereocenters. The topological polar surface area (TPSA) is 69.7 Å². The van der Waals surface area contributed by atoms with Crippen LogP contribution < -0.4 is 5.32 Å². The molecule has 0 aromatic heterocycles. The summed E-state index contributed by atoms with van der Waals surface area (Å²) >= 11 is 0. The second-order valence-electron chi connectivity index (χ2n) is 6.95. The number of benzene rings is 2. The van der Waals surface area contributed by atoms with Crippen LogP contribution in [-0.4, -0.2) is 50.7 Å². The molecule has 0 aliphatic carbocycles. The molecular weight excluding hydrogens is 362 g/mol. The number of likely N-dealkylation sites (tertiary alicyclic amines) is 1. The fourth-order valence-electron chi connectivity index (χ4n) is 3.16. The number of amides is 1. The van der Waals surface area contributed by atoms with E-state index >= 15 is 0 Å². The summed E-state index contributed by atoms with van der Waals surface area (Å²) in [6, 6.07) is 13.9. The summed E-state index contributed by atoms with van der Waals surface area (Å²) in [6.07, 6.45) is 2.48. The van der Waals surface area contributed by atoms with Crippen molar-refractivity contribution in [2.75, 3.05) is 32.5 Å². The fraction of sp³-hybridized carbons (Fsp3) is 0.350. The average Bonchev–Trinajstić information content (AvgIpc) is 3.15. The number of nitrogens with zero attached hydrogens (tertiary/aromatic N) is 2. The van der Waals surface area contributed by atoms with Crippen LogP contribution in [0.4, 0.5) is 5.69 Å². The molecule has 7 heteroatoms. The van der Waals surface area contributed by atoms with Crippen LogP contribution in [-0.2, 0) is 16.6 Å². The lowest BCUT2D eigenvalue weighted by atomic mass is 10.1. The van der Waals surface area contributed by atoms with Gasteiger partial charge in [-0.1, -0.05) is 18.2 Å². The third-order valence-corrected chi connectivity index (χ3v) is 6.48. The van der Waals surface area contributed by atoms with Crippen LogP contribution in [0.2, 0.25) is 0 Å². The predicted molar refractivity (Wildman–Crippen MR) is 106 cm³/mol. The van der Waals surface area contributed by atoms with E-state index in [1.165, 1.54) is 39.1 Å². The highest BCUT2D eigenvalue weighted by molar-refractivity contribution is 7.89. The van der Waals surface area contributed by atoms with E-state index in [0.29, 0.717) is 11.3 Å². The van der Waals surface area contributed by atoms with E-state index in [1.807, 2.05) is 18.2 Å². The predicted octanol–water partition coefficient (Wildman–Crippen LogP) is 2.79. The molecule has 1 N–H and O–H groups in total. The molecule has 1 amide bonds. The van der Waals surface area contributed by atoms with Gasteiger partial charge in [-0.05, 0) is 61.8 Å². The number of carbonyl (C=O) groups excluding carboxylic acids is 1. The van der Waals surface area contributed by atoms with Crippen molar-refractivity contribution >= 4 is 21.6 Å². The summed E-state index contributed by atoms with van der Waals surface area (Å²) in [5, 5.41) is 2.87. The summed E-state index contributed by atoms with van der Waals surface area (Å²) in [5.74, 6) is -0.330. The van der Waals surface area contributed by atoms with Crippen molar-refractivity contribution in [2.24, 2.45) is 0 Å². The number of rotatable bonds is 6. The first kappa shape index (κ1) is 19.5. The summed E-state index contributed by atoms with van der Waals surface area (Å²) in [7, 11) is -0.646. The highest BCUT2D eigenvalue weighted by atomic mass is 32.2. The largest absolute Gasteiger partial charge is 0.322 e. The lowest BCUT2D eigenvalue weighted by molar-refractivity contribution is 0.102. The maximum absolute atomic E-state index is 12.6. The minimum absolute atomic E-state index is 0.0999. The Morgan fingerprint density at radius 1 is 1.07 bits per heavy atom. The molecule has 144 valence electrons. The minimum Gasteiger partial charge on any atom is -0.322 e. The van der Waals surface area contributed by atoms with Gasteiger partial charge >= 0.3 is 0 Å². The Morgan fingerprint density at radius 2 is 1.78 bits per heavy atom. The van der Waals surface area contributed by atoms with Crippen LogP contribution in [0.15, 0.2) is 53.4 Å². The number of anilines is 1. The molecule has 1 saturated heterocycles. The molecule has 1 aliphatic rings. The lowest BCUT2D eigenvalue weighted by Gasteiger charge is -2.15. The Bertz CT molecular complexity index is 920. The Balaban J connectivity index is 1.74. The molecule has 0 bridgehead atoms. The standard InChI is InChI=1S/C20H25N3O3S/c1-22(2)27(25,26)19-10-6-8-17(14-19)20(24)21-18-9-5-7-16(13-18)15-23-11-3-4-12-23/h5-10,13-14H,3-4,11-12,15H2,1-2H3,(H,21,24). The quantitative estimate of drug-likeness (QED) is 0.827. The first-order valence-corrected chi connectivity index (χ1v) is 10.5. The van der Waals surface area contributed by atoms with Crippen LogP contribution in [0, 0.1) is 0 Å². The lowest BCUT2D eigenvalue weighted by Crippen LogP contribution is -2.22. The molecular formula is C20H25N3O3S. The zero-order valence-corrected chi connectivity index (χ0v) is 16.5. The van der Waals surface area contributed by atoms with Gasteiger partial charge in [-0.3, -0.25) is 9.69 Å². The molecule has 1 heterocycles. The van der Waals surface area contributed by atoms with E-state index in [-0.39, 0.29) is 10.8 Å². The van der Waals surface area contributed by atoms with Crippen LogP contribution in [0.1, 0.15) is 28.8 Å². The third-order valence-electron chi connectivity index (χ3n) is 4.66. The van der Waals surface area contributed by atoms with Crippen molar-refractivity contribution in [3.63, 3.8) is 0 Å². The van der Waals surface area contributed by atoms with E-state index in [9.17, 15) is 13.2 Å². The van der Waals surface area contributed by atoms with E-state index in [1.54, 1.807) is 12.1 Å². The first-order valence-electron chi connectivity index (χ1n) is 9.01. The van der Waals surface area contributed by atoms with E-state index in [0.717, 1.165) is 29.5 Å². The maximum atomic E-state index is 12.6. The van der Waals surface area contributed by atoms with Crippen molar-refractivity contribution < 1.29 is 13.2 Å². The molecule has 0 spiro atoms. The van der Waals surface area contributed by atoms with Crippen molar-refractivity contribution in [1.29, 1.82) is 0 Å². The Kier molecular flexibility index (Phi) is 5.94. The van der Waals surface area contributed by atoms with E-state index < -0.39 is 10.0 Å². The van der Waals surface area contributed by atoms with Crippen molar-refractivity contribution in [1.82, 2.24) is 9.21 Å². The monoisotopic (exact) mass is 387 g/mol. The van der Waals surface area contributed by atoms with Gasteiger partial charge in [0.2, 0.25) is 10.0 Å². The summed E-state index contributed by atoms with van der Waals surface area (Å²) < 4.78 is 25.7. The number of carbonyl (C=O) groups is 1. The normalized spacial score (nSPS) is 15.2.